The van der Waals surface area contributed by atoms with Gasteiger partial charge in [0.25, 0.3) is 5.91 Å². The van der Waals surface area contributed by atoms with E-state index in [9.17, 15) is 4.79 Å². The molecule has 8 heteroatoms. The average Bonchev–Trinajstić information content (AvgIpc) is 3.04. The maximum Gasteiger partial charge on any atom is 0.262 e. The number of thiazole rings is 1. The quantitative estimate of drug-likeness (QED) is 0.836. The summed E-state index contributed by atoms with van der Waals surface area (Å²) < 4.78 is 0. The first-order chi connectivity index (χ1) is 12.4. The van der Waals surface area contributed by atoms with Crippen molar-refractivity contribution in [3.63, 3.8) is 0 Å². The molecule has 1 aromatic carbocycles. The number of benzene rings is 1. The molecule has 1 atom stereocenters. The molecule has 3 rings (SSSR count). The first-order valence-electron chi connectivity index (χ1n) is 8.16. The van der Waals surface area contributed by atoms with Crippen molar-refractivity contribution in [1.82, 2.24) is 15.6 Å². The number of para-hydroxylation sites is 1. The second-order valence-electron chi connectivity index (χ2n) is 5.98. The highest BCUT2D eigenvalue weighted by molar-refractivity contribution is 7.17. The van der Waals surface area contributed by atoms with Crippen LogP contribution in [0.4, 0.5) is 10.8 Å². The highest BCUT2D eigenvalue weighted by atomic mass is 35.5. The Hall–Kier alpha value is -2.38. The van der Waals surface area contributed by atoms with Crippen molar-refractivity contribution >= 4 is 45.5 Å². The topological polar surface area (TPSA) is 69.6 Å². The van der Waals surface area contributed by atoms with Crippen LogP contribution >= 0.6 is 22.9 Å². The largest absolute Gasteiger partial charge is 0.369 e. The molecule has 2 N–H and O–H groups in total. The number of aromatic nitrogens is 1. The number of hydrogen-bond acceptors (Lipinski definition) is 5. The Morgan fingerprint density at radius 2 is 2.19 bits per heavy atom. The van der Waals surface area contributed by atoms with Crippen LogP contribution in [-0.2, 0) is 0 Å². The summed E-state index contributed by atoms with van der Waals surface area (Å²) in [5.74, 6) is 0.556. The van der Waals surface area contributed by atoms with E-state index in [1.165, 1.54) is 17.5 Å². The second kappa shape index (κ2) is 7.47. The predicted octanol–water partition coefficient (Wildman–Crippen LogP) is 3.85. The van der Waals surface area contributed by atoms with E-state index in [1.807, 2.05) is 49.9 Å². The number of rotatable bonds is 3. The van der Waals surface area contributed by atoms with Gasteiger partial charge in [-0.2, -0.15) is 0 Å². The second-order valence-corrected chi connectivity index (χ2v) is 7.40. The Kier molecular flexibility index (Phi) is 5.29. The maximum absolute atomic E-state index is 11.8. The third-order valence-electron chi connectivity index (χ3n) is 4.00. The molecular weight excluding hydrogens is 370 g/mol. The monoisotopic (exact) mass is 389 g/mol. The van der Waals surface area contributed by atoms with Crippen molar-refractivity contribution in [1.29, 1.82) is 0 Å². The summed E-state index contributed by atoms with van der Waals surface area (Å²) in [7, 11) is 1.59. The molecule has 1 aromatic heterocycles. The predicted molar refractivity (Wildman–Crippen MR) is 108 cm³/mol. The fraction of sp³-hybridized carbons (Fsp3) is 0.278. The molecule has 1 aliphatic rings. The fourth-order valence-corrected chi connectivity index (χ4v) is 3.92. The molecule has 6 nitrogen and oxygen atoms in total. The molecule has 136 valence electrons. The smallest absolute Gasteiger partial charge is 0.262 e. The molecule has 1 unspecified atom stereocenters. The van der Waals surface area contributed by atoms with Crippen LogP contribution in [0.2, 0.25) is 5.02 Å². The van der Waals surface area contributed by atoms with Gasteiger partial charge in [0.05, 0.1) is 16.9 Å². The summed E-state index contributed by atoms with van der Waals surface area (Å²) in [6.07, 6.45) is 3.45. The zero-order valence-electron chi connectivity index (χ0n) is 15.0. The number of nitrogens with one attached hydrogen (secondary N) is 2. The van der Waals surface area contributed by atoms with E-state index in [-0.39, 0.29) is 12.1 Å². The van der Waals surface area contributed by atoms with Crippen LogP contribution in [0.5, 0.6) is 0 Å². The number of anilines is 1. The lowest BCUT2D eigenvalue weighted by Gasteiger charge is -2.37. The van der Waals surface area contributed by atoms with Crippen molar-refractivity contribution in [3.8, 4) is 0 Å². The van der Waals surface area contributed by atoms with E-state index < -0.39 is 0 Å². The Morgan fingerprint density at radius 3 is 2.88 bits per heavy atom. The minimum atomic E-state index is -0.168. The van der Waals surface area contributed by atoms with Crippen molar-refractivity contribution in [2.24, 2.45) is 4.99 Å². The number of aryl methyl sites for hydroxylation is 1. The summed E-state index contributed by atoms with van der Waals surface area (Å²) in [5, 5.41) is 7.17. The van der Waals surface area contributed by atoms with Crippen LogP contribution in [0.3, 0.4) is 0 Å². The minimum absolute atomic E-state index is 0.0317. The zero-order chi connectivity index (χ0) is 18.8. The van der Waals surface area contributed by atoms with E-state index in [0.717, 1.165) is 22.8 Å². The van der Waals surface area contributed by atoms with Crippen molar-refractivity contribution in [2.75, 3.05) is 11.9 Å². The summed E-state index contributed by atoms with van der Waals surface area (Å²) in [5.41, 5.74) is 2.96. The zero-order valence-corrected chi connectivity index (χ0v) is 16.6. The number of carbonyl (C=O) groups is 1. The molecule has 0 saturated carbocycles. The molecular formula is C18H20ClN5OS. The van der Waals surface area contributed by atoms with Gasteiger partial charge in [-0.25, -0.2) is 9.98 Å². The van der Waals surface area contributed by atoms with E-state index in [0.29, 0.717) is 15.0 Å². The van der Waals surface area contributed by atoms with Gasteiger partial charge in [0.1, 0.15) is 16.9 Å². The third kappa shape index (κ3) is 3.59. The molecule has 0 saturated heterocycles. The van der Waals surface area contributed by atoms with E-state index in [4.69, 9.17) is 16.6 Å². The number of carbonyl (C=O) groups excluding carboxylic acids is 1. The number of halogens is 1. The number of hydrogen-bond donors (Lipinski definition) is 2. The first-order valence-corrected chi connectivity index (χ1v) is 9.36. The molecule has 0 aliphatic carbocycles. The SMILES string of the molecule is CNC(=O)c1cnc(N=C2C=C(C)NC(C)N2c2c(C)cccc2Cl)s1. The number of allylic oxidation sites excluding steroid dienone is 1. The minimum Gasteiger partial charge on any atom is -0.369 e. The first kappa shape index (κ1) is 18.4. The molecule has 0 radical (unpaired) electrons. The van der Waals surface area contributed by atoms with Crippen molar-refractivity contribution in [3.05, 3.63) is 51.6 Å². The summed E-state index contributed by atoms with van der Waals surface area (Å²) in [6, 6.07) is 5.81. The van der Waals surface area contributed by atoms with Crippen LogP contribution in [-0.4, -0.2) is 29.9 Å². The van der Waals surface area contributed by atoms with Crippen LogP contribution in [0.1, 0.15) is 29.1 Å². The summed E-state index contributed by atoms with van der Waals surface area (Å²) >= 11 is 7.73. The van der Waals surface area contributed by atoms with Gasteiger partial charge < -0.3 is 15.5 Å². The van der Waals surface area contributed by atoms with Gasteiger partial charge in [-0.05, 0) is 38.5 Å². The van der Waals surface area contributed by atoms with Gasteiger partial charge in [-0.15, -0.1) is 0 Å². The van der Waals surface area contributed by atoms with Gasteiger partial charge in [0, 0.05) is 12.7 Å². The number of nitrogens with zero attached hydrogens (tertiary/aromatic N) is 3. The Labute approximate surface area is 161 Å². The Balaban J connectivity index is 2.08. The lowest BCUT2D eigenvalue weighted by atomic mass is 10.1. The summed E-state index contributed by atoms with van der Waals surface area (Å²) in [6.45, 7) is 6.05. The van der Waals surface area contributed by atoms with Gasteiger partial charge in [-0.1, -0.05) is 35.1 Å². The van der Waals surface area contributed by atoms with E-state index in [1.54, 1.807) is 7.05 Å². The number of aliphatic imine (C=N–C) groups is 1. The molecule has 2 aromatic rings. The van der Waals surface area contributed by atoms with Crippen LogP contribution in [0.15, 0.2) is 41.2 Å². The van der Waals surface area contributed by atoms with Gasteiger partial charge >= 0.3 is 0 Å². The number of amidine groups is 1. The molecule has 1 amide bonds. The number of amides is 1. The van der Waals surface area contributed by atoms with E-state index >= 15 is 0 Å². The highest BCUT2D eigenvalue weighted by Gasteiger charge is 2.26. The normalized spacial score (nSPS) is 18.5. The molecule has 0 bridgehead atoms. The third-order valence-corrected chi connectivity index (χ3v) is 5.20. The van der Waals surface area contributed by atoms with Crippen molar-refractivity contribution in [2.45, 2.75) is 26.9 Å². The van der Waals surface area contributed by atoms with Crippen LogP contribution in [0, 0.1) is 6.92 Å². The average molecular weight is 390 g/mol. The molecule has 0 spiro atoms. The highest BCUT2D eigenvalue weighted by Crippen LogP contribution is 2.33. The van der Waals surface area contributed by atoms with Gasteiger partial charge in [0.2, 0.25) is 5.13 Å². The fourth-order valence-electron chi connectivity index (χ4n) is 2.86. The molecule has 26 heavy (non-hydrogen) atoms. The van der Waals surface area contributed by atoms with Gasteiger partial charge in [-0.3, -0.25) is 4.79 Å². The Bertz CT molecular complexity index is 884. The van der Waals surface area contributed by atoms with Gasteiger partial charge in [0.15, 0.2) is 0 Å². The van der Waals surface area contributed by atoms with Crippen LogP contribution < -0.4 is 15.5 Å². The Morgan fingerprint density at radius 1 is 1.42 bits per heavy atom. The van der Waals surface area contributed by atoms with E-state index in [2.05, 4.69) is 15.6 Å². The lowest BCUT2D eigenvalue weighted by molar-refractivity contribution is 0.0967. The molecule has 2 heterocycles. The lowest BCUT2D eigenvalue weighted by Crippen LogP contribution is -2.50. The molecule has 0 fully saturated rings. The van der Waals surface area contributed by atoms with Crippen LogP contribution in [0.25, 0.3) is 0 Å². The maximum atomic E-state index is 11.8. The summed E-state index contributed by atoms with van der Waals surface area (Å²) in [4.78, 5) is 23.3. The standard InChI is InChI=1S/C18H20ClN5OS/c1-10-6-5-7-13(19)16(10)24-12(3)22-11(2)8-15(24)23-18-21-9-14(26-18)17(25)20-4/h5-9,12,22H,1-4H3,(H,20,25). The van der Waals surface area contributed by atoms with Crippen molar-refractivity contribution < 1.29 is 4.79 Å². The molecule has 1 aliphatic heterocycles.